The van der Waals surface area contributed by atoms with Gasteiger partial charge in [-0.2, -0.15) is 0 Å². The smallest absolute Gasteiger partial charge is 0.331 e. The Balaban J connectivity index is 4.24. The van der Waals surface area contributed by atoms with Crippen molar-refractivity contribution in [2.75, 3.05) is 0 Å². The van der Waals surface area contributed by atoms with Crippen LogP contribution in [-0.4, -0.2) is 11.1 Å². The minimum absolute atomic E-state index is 0.566. The second-order valence-corrected chi connectivity index (χ2v) is 6.92. The zero-order valence-corrected chi connectivity index (χ0v) is 16.5. The third kappa shape index (κ3) is 11.0. The van der Waals surface area contributed by atoms with Crippen LogP contribution in [0.15, 0.2) is 46.1 Å². The van der Waals surface area contributed by atoms with Gasteiger partial charge in [0.1, 0.15) is 0 Å². The Morgan fingerprint density at radius 3 is 1.67 bits per heavy atom. The van der Waals surface area contributed by atoms with Crippen LogP contribution in [0.2, 0.25) is 0 Å². The summed E-state index contributed by atoms with van der Waals surface area (Å²) in [7, 11) is 0. The Labute approximate surface area is 149 Å². The third-order valence-electron chi connectivity index (χ3n) is 4.26. The molecule has 0 unspecified atom stereocenters. The summed E-state index contributed by atoms with van der Waals surface area (Å²) in [6.45, 7) is 12.5. The number of carboxylic acid groups (broad SMARTS) is 1. The van der Waals surface area contributed by atoms with Gasteiger partial charge in [-0.15, -0.1) is 0 Å². The van der Waals surface area contributed by atoms with E-state index in [0.29, 0.717) is 12.0 Å². The van der Waals surface area contributed by atoms with Gasteiger partial charge in [0.15, 0.2) is 0 Å². The first kappa shape index (κ1) is 22.4. The highest BCUT2D eigenvalue weighted by Gasteiger charge is 2.07. The summed E-state index contributed by atoms with van der Waals surface area (Å²) in [6, 6.07) is 0. The molecule has 0 amide bonds. The average molecular weight is 333 g/mol. The molecule has 0 spiro atoms. The van der Waals surface area contributed by atoms with Gasteiger partial charge in [-0.3, -0.25) is 0 Å². The van der Waals surface area contributed by atoms with Gasteiger partial charge in [0.05, 0.1) is 0 Å². The number of rotatable bonds is 11. The number of carboxylic acids is 1. The van der Waals surface area contributed by atoms with Crippen LogP contribution in [0.1, 0.15) is 86.5 Å². The molecule has 24 heavy (non-hydrogen) atoms. The van der Waals surface area contributed by atoms with Crippen molar-refractivity contribution in [3.8, 4) is 0 Å². The van der Waals surface area contributed by atoms with Gasteiger partial charge in [0.25, 0.3) is 0 Å². The van der Waals surface area contributed by atoms with Crippen LogP contribution >= 0.6 is 0 Å². The van der Waals surface area contributed by atoms with E-state index in [-0.39, 0.29) is 0 Å². The van der Waals surface area contributed by atoms with Gasteiger partial charge in [0, 0.05) is 5.57 Å². The van der Waals surface area contributed by atoms with E-state index in [9.17, 15) is 4.79 Å². The van der Waals surface area contributed by atoms with E-state index >= 15 is 0 Å². The van der Waals surface area contributed by atoms with Gasteiger partial charge in [-0.25, -0.2) is 4.79 Å². The second kappa shape index (κ2) is 12.8. The Kier molecular flexibility index (Phi) is 12.0. The van der Waals surface area contributed by atoms with E-state index in [1.165, 1.54) is 16.7 Å². The molecule has 0 aromatic carbocycles. The summed E-state index contributed by atoms with van der Waals surface area (Å²) in [5.74, 6) is -0.774. The fraction of sp³-hybridized carbons (Fsp3) is 0.591. The van der Waals surface area contributed by atoms with E-state index in [0.717, 1.165) is 44.1 Å². The summed E-state index contributed by atoms with van der Waals surface area (Å²) in [5, 5.41) is 9.13. The molecule has 2 nitrogen and oxygen atoms in total. The van der Waals surface area contributed by atoms with E-state index in [1.54, 1.807) is 0 Å². The van der Waals surface area contributed by atoms with Crippen molar-refractivity contribution in [2.24, 2.45) is 0 Å². The van der Waals surface area contributed by atoms with E-state index in [4.69, 9.17) is 5.11 Å². The molecule has 0 bridgehead atoms. The molecule has 0 saturated carbocycles. The lowest BCUT2D eigenvalue weighted by atomic mass is 10.0. The van der Waals surface area contributed by atoms with Crippen LogP contribution in [0.3, 0.4) is 0 Å². The van der Waals surface area contributed by atoms with Crippen molar-refractivity contribution in [1.82, 2.24) is 0 Å². The van der Waals surface area contributed by atoms with Crippen molar-refractivity contribution in [3.05, 3.63) is 46.1 Å². The van der Waals surface area contributed by atoms with Gasteiger partial charge >= 0.3 is 5.97 Å². The molecule has 2 heteroatoms. The van der Waals surface area contributed by atoms with Crippen LogP contribution in [-0.2, 0) is 4.79 Å². The molecule has 0 saturated heterocycles. The first-order valence-corrected chi connectivity index (χ1v) is 9.14. The predicted octanol–water partition coefficient (Wildman–Crippen LogP) is 7.00. The van der Waals surface area contributed by atoms with E-state index in [1.807, 2.05) is 13.8 Å². The summed E-state index contributed by atoms with van der Waals surface area (Å²) >= 11 is 0. The Bertz CT molecular complexity index is 512. The highest BCUT2D eigenvalue weighted by atomic mass is 16.4. The molecule has 0 aliphatic heterocycles. The number of hydrogen-bond acceptors (Lipinski definition) is 1. The van der Waals surface area contributed by atoms with Gasteiger partial charge in [-0.05, 0) is 79.6 Å². The molecule has 0 aromatic heterocycles. The van der Waals surface area contributed by atoms with Gasteiger partial charge in [-0.1, -0.05) is 47.4 Å². The van der Waals surface area contributed by atoms with Crippen molar-refractivity contribution < 1.29 is 9.90 Å². The summed E-state index contributed by atoms with van der Waals surface area (Å²) in [4.78, 5) is 11.1. The fourth-order valence-electron chi connectivity index (χ4n) is 2.66. The first-order chi connectivity index (χ1) is 11.3. The summed E-state index contributed by atoms with van der Waals surface area (Å²) in [5.41, 5.74) is 5.82. The summed E-state index contributed by atoms with van der Waals surface area (Å²) in [6.07, 6.45) is 13.7. The molecule has 0 atom stereocenters. The Hall–Kier alpha value is -1.57. The maximum absolute atomic E-state index is 11.1. The lowest BCUT2D eigenvalue weighted by Crippen LogP contribution is -2.02. The van der Waals surface area contributed by atoms with E-state index in [2.05, 4.69) is 45.9 Å². The molecule has 0 aliphatic rings. The van der Waals surface area contributed by atoms with Gasteiger partial charge in [0.2, 0.25) is 0 Å². The van der Waals surface area contributed by atoms with Crippen LogP contribution < -0.4 is 0 Å². The quantitative estimate of drug-likeness (QED) is 0.327. The number of allylic oxidation sites excluding steroid dienone is 7. The number of carbonyl (C=O) groups is 1. The van der Waals surface area contributed by atoms with Crippen LogP contribution in [0.25, 0.3) is 0 Å². The van der Waals surface area contributed by atoms with Crippen molar-refractivity contribution in [2.45, 2.75) is 86.5 Å². The first-order valence-electron chi connectivity index (χ1n) is 9.14. The van der Waals surface area contributed by atoms with Gasteiger partial charge < -0.3 is 5.11 Å². The fourth-order valence-corrected chi connectivity index (χ4v) is 2.66. The zero-order chi connectivity index (χ0) is 18.5. The maximum Gasteiger partial charge on any atom is 0.331 e. The molecular formula is C22H36O2. The monoisotopic (exact) mass is 332 g/mol. The third-order valence-corrected chi connectivity index (χ3v) is 4.26. The molecule has 1 N–H and O–H groups in total. The Morgan fingerprint density at radius 2 is 1.25 bits per heavy atom. The Morgan fingerprint density at radius 1 is 0.792 bits per heavy atom. The van der Waals surface area contributed by atoms with Crippen LogP contribution in [0.4, 0.5) is 0 Å². The molecular weight excluding hydrogens is 296 g/mol. The summed E-state index contributed by atoms with van der Waals surface area (Å²) < 4.78 is 0. The SMILES string of the molecule is CC/C(C(=O)O)=C(/C)CC/C=C(\C)CC/C=C(\C)CCC=C(C)C. The highest BCUT2D eigenvalue weighted by molar-refractivity contribution is 5.87. The minimum Gasteiger partial charge on any atom is -0.478 e. The van der Waals surface area contributed by atoms with Crippen molar-refractivity contribution in [3.63, 3.8) is 0 Å². The normalized spacial score (nSPS) is 13.6. The molecule has 0 aliphatic carbocycles. The lowest BCUT2D eigenvalue weighted by molar-refractivity contribution is -0.132. The lowest BCUT2D eigenvalue weighted by Gasteiger charge is -2.05. The molecule has 0 rings (SSSR count). The minimum atomic E-state index is -0.774. The highest BCUT2D eigenvalue weighted by Crippen LogP contribution is 2.16. The van der Waals surface area contributed by atoms with Crippen LogP contribution in [0, 0.1) is 0 Å². The van der Waals surface area contributed by atoms with Crippen molar-refractivity contribution in [1.29, 1.82) is 0 Å². The number of hydrogen-bond donors (Lipinski definition) is 1. The molecule has 0 heterocycles. The number of aliphatic carboxylic acids is 1. The molecule has 0 aromatic rings. The van der Waals surface area contributed by atoms with Crippen molar-refractivity contribution >= 4 is 5.97 Å². The predicted molar refractivity (Wildman–Crippen MR) is 105 cm³/mol. The topological polar surface area (TPSA) is 37.3 Å². The second-order valence-electron chi connectivity index (χ2n) is 6.92. The molecule has 0 fully saturated rings. The molecule has 136 valence electrons. The van der Waals surface area contributed by atoms with Crippen LogP contribution in [0.5, 0.6) is 0 Å². The zero-order valence-electron chi connectivity index (χ0n) is 16.5. The largest absolute Gasteiger partial charge is 0.478 e. The standard InChI is InChI=1S/C22H36O2/c1-7-21(22(23)24)20(6)16-10-15-19(5)14-9-13-18(4)12-8-11-17(2)3/h11,13,15H,7-10,12,14,16H2,1-6H3,(H,23,24)/b18-13+,19-15+,21-20+. The van der Waals surface area contributed by atoms with E-state index < -0.39 is 5.97 Å². The molecule has 0 radical (unpaired) electrons. The average Bonchev–Trinajstić information content (AvgIpc) is 2.47. The maximum atomic E-state index is 11.1.